The Morgan fingerprint density at radius 2 is 1.79 bits per heavy atom. The molecule has 1 aliphatic heterocycles. The first-order chi connectivity index (χ1) is 9.06. The van der Waals surface area contributed by atoms with Gasteiger partial charge in [-0.05, 0) is 65.7 Å². The molecule has 114 valence electrons. The van der Waals surface area contributed by atoms with E-state index in [0.29, 0.717) is 12.1 Å². The van der Waals surface area contributed by atoms with Crippen LogP contribution in [0.4, 0.5) is 0 Å². The molecule has 0 radical (unpaired) electrons. The molecular weight excluding hydrogens is 234 g/mol. The summed E-state index contributed by atoms with van der Waals surface area (Å²) in [7, 11) is 4.53. The van der Waals surface area contributed by atoms with Crippen molar-refractivity contribution in [2.24, 2.45) is 5.92 Å². The molecule has 0 aromatic carbocycles. The van der Waals surface area contributed by atoms with Crippen LogP contribution in [0.1, 0.15) is 46.5 Å². The minimum absolute atomic E-state index is 0.639. The number of piperidine rings is 1. The van der Waals surface area contributed by atoms with Crippen LogP contribution >= 0.6 is 0 Å². The van der Waals surface area contributed by atoms with Gasteiger partial charge in [0, 0.05) is 25.2 Å². The molecule has 3 nitrogen and oxygen atoms in total. The van der Waals surface area contributed by atoms with Gasteiger partial charge in [0.25, 0.3) is 0 Å². The first-order valence-corrected chi connectivity index (χ1v) is 8.18. The van der Waals surface area contributed by atoms with Crippen LogP contribution in [0, 0.1) is 5.92 Å². The van der Waals surface area contributed by atoms with E-state index in [4.69, 9.17) is 0 Å². The van der Waals surface area contributed by atoms with E-state index in [1.165, 1.54) is 45.3 Å². The van der Waals surface area contributed by atoms with E-state index in [2.05, 4.69) is 50.0 Å². The van der Waals surface area contributed by atoms with Crippen LogP contribution in [0.2, 0.25) is 0 Å². The average molecular weight is 269 g/mol. The van der Waals surface area contributed by atoms with Crippen molar-refractivity contribution in [1.82, 2.24) is 15.1 Å². The summed E-state index contributed by atoms with van der Waals surface area (Å²) in [5.41, 5.74) is 0. The van der Waals surface area contributed by atoms with Crippen LogP contribution in [-0.2, 0) is 0 Å². The number of likely N-dealkylation sites (N-methyl/N-ethyl adjacent to an activating group) is 1. The molecular formula is C16H35N3. The minimum Gasteiger partial charge on any atom is -0.312 e. The molecule has 1 N–H and O–H groups in total. The van der Waals surface area contributed by atoms with Gasteiger partial charge in [0.1, 0.15) is 0 Å². The van der Waals surface area contributed by atoms with Crippen molar-refractivity contribution in [2.45, 2.75) is 58.5 Å². The molecule has 0 aliphatic carbocycles. The van der Waals surface area contributed by atoms with Crippen molar-refractivity contribution in [3.05, 3.63) is 0 Å². The molecule has 1 unspecified atom stereocenters. The minimum atomic E-state index is 0.639. The van der Waals surface area contributed by atoms with Crippen molar-refractivity contribution >= 4 is 0 Å². The zero-order valence-corrected chi connectivity index (χ0v) is 13.8. The SMILES string of the molecule is CCC(CC)NCC(C)N(C)CC1CCN(C)CC1. The fourth-order valence-corrected chi connectivity index (χ4v) is 2.90. The highest BCUT2D eigenvalue weighted by molar-refractivity contribution is 4.76. The molecule has 0 amide bonds. The summed E-state index contributed by atoms with van der Waals surface area (Å²) in [6, 6.07) is 1.33. The Bertz CT molecular complexity index is 220. The first-order valence-electron chi connectivity index (χ1n) is 8.18. The smallest absolute Gasteiger partial charge is 0.0189 e. The number of likely N-dealkylation sites (tertiary alicyclic amines) is 1. The Labute approximate surface area is 120 Å². The molecule has 1 aliphatic rings. The summed E-state index contributed by atoms with van der Waals surface area (Å²) in [6.45, 7) is 11.8. The zero-order chi connectivity index (χ0) is 14.3. The Balaban J connectivity index is 2.22. The molecule has 1 atom stereocenters. The van der Waals surface area contributed by atoms with Gasteiger partial charge in [-0.1, -0.05) is 13.8 Å². The fraction of sp³-hybridized carbons (Fsp3) is 1.00. The third-order valence-electron chi connectivity index (χ3n) is 4.82. The third kappa shape index (κ3) is 6.24. The van der Waals surface area contributed by atoms with Gasteiger partial charge in [-0.2, -0.15) is 0 Å². The lowest BCUT2D eigenvalue weighted by Gasteiger charge is -2.34. The van der Waals surface area contributed by atoms with Crippen molar-refractivity contribution in [3.8, 4) is 0 Å². The molecule has 1 heterocycles. The van der Waals surface area contributed by atoms with E-state index in [-0.39, 0.29) is 0 Å². The second-order valence-corrected chi connectivity index (χ2v) is 6.46. The van der Waals surface area contributed by atoms with Crippen LogP contribution in [0.15, 0.2) is 0 Å². The maximum Gasteiger partial charge on any atom is 0.0189 e. The van der Waals surface area contributed by atoms with E-state index < -0.39 is 0 Å². The molecule has 1 saturated heterocycles. The molecule has 1 rings (SSSR count). The highest BCUT2D eigenvalue weighted by atomic mass is 15.2. The topological polar surface area (TPSA) is 18.5 Å². The van der Waals surface area contributed by atoms with Gasteiger partial charge >= 0.3 is 0 Å². The Morgan fingerprint density at radius 3 is 2.32 bits per heavy atom. The average Bonchev–Trinajstić information content (AvgIpc) is 2.42. The summed E-state index contributed by atoms with van der Waals surface area (Å²) in [4.78, 5) is 5.00. The van der Waals surface area contributed by atoms with Crippen molar-refractivity contribution in [3.63, 3.8) is 0 Å². The summed E-state index contributed by atoms with van der Waals surface area (Å²) in [5, 5.41) is 3.69. The van der Waals surface area contributed by atoms with Crippen molar-refractivity contribution in [2.75, 3.05) is 40.3 Å². The Kier molecular flexibility index (Phi) is 7.96. The van der Waals surface area contributed by atoms with E-state index in [1.54, 1.807) is 0 Å². The number of nitrogens with zero attached hydrogens (tertiary/aromatic N) is 2. The second kappa shape index (κ2) is 8.93. The molecule has 1 fully saturated rings. The highest BCUT2D eigenvalue weighted by Crippen LogP contribution is 2.17. The second-order valence-electron chi connectivity index (χ2n) is 6.46. The van der Waals surface area contributed by atoms with Crippen LogP contribution in [-0.4, -0.2) is 62.2 Å². The van der Waals surface area contributed by atoms with Gasteiger partial charge in [-0.25, -0.2) is 0 Å². The van der Waals surface area contributed by atoms with Crippen molar-refractivity contribution in [1.29, 1.82) is 0 Å². The summed E-state index contributed by atoms with van der Waals surface area (Å²) >= 11 is 0. The van der Waals surface area contributed by atoms with Crippen molar-refractivity contribution < 1.29 is 0 Å². The standard InChI is InChI=1S/C16H35N3/c1-6-16(7-2)17-12-14(3)19(5)13-15-8-10-18(4)11-9-15/h14-17H,6-13H2,1-5H3. The number of nitrogens with one attached hydrogen (secondary N) is 1. The van der Waals surface area contributed by atoms with Gasteiger partial charge in [-0.15, -0.1) is 0 Å². The lowest BCUT2D eigenvalue weighted by Crippen LogP contribution is -2.44. The lowest BCUT2D eigenvalue weighted by molar-refractivity contribution is 0.152. The first kappa shape index (κ1) is 16.9. The largest absolute Gasteiger partial charge is 0.312 e. The maximum absolute atomic E-state index is 3.69. The monoisotopic (exact) mass is 269 g/mol. The molecule has 0 bridgehead atoms. The molecule has 0 saturated carbocycles. The van der Waals surface area contributed by atoms with Gasteiger partial charge in [0.2, 0.25) is 0 Å². The van der Waals surface area contributed by atoms with Gasteiger partial charge < -0.3 is 15.1 Å². The molecule has 19 heavy (non-hydrogen) atoms. The van der Waals surface area contributed by atoms with Crippen LogP contribution in [0.5, 0.6) is 0 Å². The zero-order valence-electron chi connectivity index (χ0n) is 13.8. The normalized spacial score (nSPS) is 20.4. The van der Waals surface area contributed by atoms with E-state index in [9.17, 15) is 0 Å². The fourth-order valence-electron chi connectivity index (χ4n) is 2.90. The number of hydrogen-bond donors (Lipinski definition) is 1. The number of hydrogen-bond acceptors (Lipinski definition) is 3. The summed E-state index contributed by atoms with van der Waals surface area (Å²) in [6.07, 6.45) is 5.21. The number of rotatable bonds is 8. The summed E-state index contributed by atoms with van der Waals surface area (Å²) < 4.78 is 0. The van der Waals surface area contributed by atoms with Crippen LogP contribution in [0.25, 0.3) is 0 Å². The van der Waals surface area contributed by atoms with Crippen LogP contribution < -0.4 is 5.32 Å². The maximum atomic E-state index is 3.69. The molecule has 0 aromatic heterocycles. The molecule has 3 heteroatoms. The highest BCUT2D eigenvalue weighted by Gasteiger charge is 2.20. The molecule has 0 spiro atoms. The predicted molar refractivity (Wildman–Crippen MR) is 84.7 cm³/mol. The van der Waals surface area contributed by atoms with E-state index >= 15 is 0 Å². The molecule has 0 aromatic rings. The lowest BCUT2D eigenvalue weighted by atomic mass is 9.96. The van der Waals surface area contributed by atoms with E-state index in [1.807, 2.05) is 0 Å². The van der Waals surface area contributed by atoms with E-state index in [0.717, 1.165) is 12.5 Å². The Morgan fingerprint density at radius 1 is 1.21 bits per heavy atom. The van der Waals surface area contributed by atoms with Gasteiger partial charge in [0.15, 0.2) is 0 Å². The quantitative estimate of drug-likeness (QED) is 0.730. The Hall–Kier alpha value is -0.120. The van der Waals surface area contributed by atoms with Gasteiger partial charge in [0.05, 0.1) is 0 Å². The van der Waals surface area contributed by atoms with Crippen LogP contribution in [0.3, 0.4) is 0 Å². The summed E-state index contributed by atoms with van der Waals surface area (Å²) in [5.74, 6) is 0.900. The third-order valence-corrected chi connectivity index (χ3v) is 4.82. The van der Waals surface area contributed by atoms with Gasteiger partial charge in [-0.3, -0.25) is 0 Å². The predicted octanol–water partition coefficient (Wildman–Crippen LogP) is 2.43.